The van der Waals surface area contributed by atoms with Crippen molar-refractivity contribution in [2.75, 3.05) is 5.75 Å². The number of amides is 2. The molecular weight excluding hydrogens is 456 g/mol. The Morgan fingerprint density at radius 2 is 1.70 bits per heavy atom. The molecule has 0 saturated carbocycles. The van der Waals surface area contributed by atoms with Crippen LogP contribution in [0.3, 0.4) is 0 Å². The molecule has 6 nitrogen and oxygen atoms in total. The molecule has 1 aromatic heterocycles. The van der Waals surface area contributed by atoms with Crippen molar-refractivity contribution in [2.45, 2.75) is 18.5 Å². The van der Waals surface area contributed by atoms with E-state index in [-0.39, 0.29) is 24.0 Å². The van der Waals surface area contributed by atoms with E-state index in [0.717, 1.165) is 22.4 Å². The Hall–Kier alpha value is -3.42. The highest BCUT2D eigenvalue weighted by molar-refractivity contribution is 7.99. The van der Waals surface area contributed by atoms with Gasteiger partial charge in [-0.3, -0.25) is 19.5 Å². The first-order valence-electron chi connectivity index (χ1n) is 10.3. The third kappa shape index (κ3) is 5.88. The van der Waals surface area contributed by atoms with E-state index in [9.17, 15) is 9.59 Å². The summed E-state index contributed by atoms with van der Waals surface area (Å²) in [6.45, 7) is 2.01. The molecule has 0 aliphatic carbocycles. The largest absolute Gasteiger partial charge is 0.295 e. The summed E-state index contributed by atoms with van der Waals surface area (Å²) in [5.74, 6) is -0.0487. The lowest BCUT2D eigenvalue weighted by Crippen LogP contribution is -2.33. The van der Waals surface area contributed by atoms with Crippen LogP contribution in [0.5, 0.6) is 0 Å². The van der Waals surface area contributed by atoms with E-state index < -0.39 is 0 Å². The molecule has 0 radical (unpaired) electrons. The molecular formula is C25H21ClN4O2S. The minimum absolute atomic E-state index is 0.0328. The molecule has 3 aromatic carbocycles. The van der Waals surface area contributed by atoms with Crippen LogP contribution in [0.15, 0.2) is 84.0 Å². The SMILES string of the molecule is Cc1cccc(-n2c(SCC(=O)NC(=O)Cc3ccccc3)nnc2-c2ccc(Cl)cc2)c1. The number of aromatic nitrogens is 3. The standard InChI is InChI=1S/C25H21ClN4O2S/c1-17-6-5-9-21(14-17)30-24(19-10-12-20(26)13-11-19)28-29-25(30)33-16-23(32)27-22(31)15-18-7-3-2-4-8-18/h2-14H,15-16H2,1H3,(H,27,31,32). The van der Waals surface area contributed by atoms with E-state index in [1.807, 2.05) is 78.2 Å². The van der Waals surface area contributed by atoms with E-state index in [1.54, 1.807) is 12.1 Å². The van der Waals surface area contributed by atoms with Crippen LogP contribution in [0.2, 0.25) is 5.02 Å². The number of benzene rings is 3. The number of rotatable bonds is 7. The molecule has 0 fully saturated rings. The zero-order valence-electron chi connectivity index (χ0n) is 17.9. The second-order valence-corrected chi connectivity index (χ2v) is 8.79. The topological polar surface area (TPSA) is 76.9 Å². The second-order valence-electron chi connectivity index (χ2n) is 7.41. The molecule has 166 valence electrons. The Kier molecular flexibility index (Phi) is 7.22. The summed E-state index contributed by atoms with van der Waals surface area (Å²) in [6, 6.07) is 24.6. The van der Waals surface area contributed by atoms with E-state index in [2.05, 4.69) is 15.5 Å². The van der Waals surface area contributed by atoms with Gasteiger partial charge in [-0.1, -0.05) is 65.8 Å². The summed E-state index contributed by atoms with van der Waals surface area (Å²) in [5.41, 5.74) is 3.67. The number of carbonyl (C=O) groups is 2. The van der Waals surface area contributed by atoms with Gasteiger partial charge in [0.1, 0.15) is 0 Å². The molecule has 0 atom stereocenters. The average Bonchev–Trinajstić information content (AvgIpc) is 3.23. The van der Waals surface area contributed by atoms with Crippen molar-refractivity contribution in [3.05, 3.63) is 95.0 Å². The van der Waals surface area contributed by atoms with Crippen molar-refractivity contribution < 1.29 is 9.59 Å². The molecule has 4 aromatic rings. The zero-order chi connectivity index (χ0) is 23.2. The quantitative estimate of drug-likeness (QED) is 0.385. The Bertz CT molecular complexity index is 1270. The first-order valence-corrected chi connectivity index (χ1v) is 11.6. The molecule has 33 heavy (non-hydrogen) atoms. The van der Waals surface area contributed by atoms with Crippen LogP contribution in [-0.4, -0.2) is 32.3 Å². The van der Waals surface area contributed by atoms with Crippen LogP contribution in [0.25, 0.3) is 17.1 Å². The molecule has 0 aliphatic rings. The van der Waals surface area contributed by atoms with Crippen LogP contribution < -0.4 is 5.32 Å². The molecule has 8 heteroatoms. The second kappa shape index (κ2) is 10.5. The van der Waals surface area contributed by atoms with Crippen LogP contribution in [0, 0.1) is 6.92 Å². The van der Waals surface area contributed by atoms with Crippen LogP contribution >= 0.6 is 23.4 Å². The van der Waals surface area contributed by atoms with Crippen molar-refractivity contribution >= 4 is 35.2 Å². The number of aryl methyl sites for hydroxylation is 1. The number of hydrogen-bond donors (Lipinski definition) is 1. The van der Waals surface area contributed by atoms with Crippen molar-refractivity contribution in [1.82, 2.24) is 20.1 Å². The molecule has 4 rings (SSSR count). The maximum Gasteiger partial charge on any atom is 0.237 e. The molecule has 0 unspecified atom stereocenters. The fourth-order valence-electron chi connectivity index (χ4n) is 3.30. The summed E-state index contributed by atoms with van der Waals surface area (Å²) in [7, 11) is 0. The summed E-state index contributed by atoms with van der Waals surface area (Å²) in [5, 5.41) is 12.3. The van der Waals surface area contributed by atoms with Gasteiger partial charge in [-0.15, -0.1) is 10.2 Å². The predicted molar refractivity (Wildman–Crippen MR) is 131 cm³/mol. The van der Waals surface area contributed by atoms with E-state index in [1.165, 1.54) is 11.8 Å². The highest BCUT2D eigenvalue weighted by Crippen LogP contribution is 2.29. The zero-order valence-corrected chi connectivity index (χ0v) is 19.4. The van der Waals surface area contributed by atoms with Crippen molar-refractivity contribution in [3.8, 4) is 17.1 Å². The van der Waals surface area contributed by atoms with Crippen molar-refractivity contribution in [1.29, 1.82) is 0 Å². The van der Waals surface area contributed by atoms with Gasteiger partial charge in [-0.05, 0) is 54.4 Å². The van der Waals surface area contributed by atoms with Gasteiger partial charge < -0.3 is 0 Å². The Morgan fingerprint density at radius 1 is 0.939 bits per heavy atom. The number of imide groups is 1. The van der Waals surface area contributed by atoms with Crippen LogP contribution in [0.1, 0.15) is 11.1 Å². The fourth-order valence-corrected chi connectivity index (χ4v) is 4.17. The number of nitrogens with one attached hydrogen (secondary N) is 1. The minimum Gasteiger partial charge on any atom is -0.295 e. The highest BCUT2D eigenvalue weighted by Gasteiger charge is 2.18. The lowest BCUT2D eigenvalue weighted by molar-refractivity contribution is -0.128. The molecule has 2 amide bonds. The van der Waals surface area contributed by atoms with Gasteiger partial charge in [-0.25, -0.2) is 0 Å². The summed E-state index contributed by atoms with van der Waals surface area (Å²) >= 11 is 7.26. The molecule has 1 N–H and O–H groups in total. The number of nitrogens with zero attached hydrogens (tertiary/aromatic N) is 3. The molecule has 1 heterocycles. The highest BCUT2D eigenvalue weighted by atomic mass is 35.5. The molecule has 0 bridgehead atoms. The van der Waals surface area contributed by atoms with E-state index in [4.69, 9.17) is 11.6 Å². The smallest absolute Gasteiger partial charge is 0.237 e. The normalized spacial score (nSPS) is 10.7. The third-order valence-corrected chi connectivity index (χ3v) is 6.00. The Labute approximate surface area is 201 Å². The lowest BCUT2D eigenvalue weighted by Gasteiger charge is -2.11. The summed E-state index contributed by atoms with van der Waals surface area (Å²) in [4.78, 5) is 24.6. The molecule has 0 spiro atoms. The van der Waals surface area contributed by atoms with Crippen LogP contribution in [-0.2, 0) is 16.0 Å². The summed E-state index contributed by atoms with van der Waals surface area (Å²) < 4.78 is 1.90. The van der Waals surface area contributed by atoms with Gasteiger partial charge in [0.15, 0.2) is 11.0 Å². The number of thioether (sulfide) groups is 1. The predicted octanol–water partition coefficient (Wildman–Crippen LogP) is 4.87. The van der Waals surface area contributed by atoms with Crippen molar-refractivity contribution in [2.24, 2.45) is 0 Å². The van der Waals surface area contributed by atoms with Gasteiger partial charge >= 0.3 is 0 Å². The fraction of sp³-hybridized carbons (Fsp3) is 0.120. The van der Waals surface area contributed by atoms with Gasteiger partial charge in [0, 0.05) is 16.3 Å². The minimum atomic E-state index is -0.382. The summed E-state index contributed by atoms with van der Waals surface area (Å²) in [6.07, 6.45) is 0.150. The van der Waals surface area contributed by atoms with E-state index in [0.29, 0.717) is 16.0 Å². The van der Waals surface area contributed by atoms with Crippen molar-refractivity contribution in [3.63, 3.8) is 0 Å². The first kappa shape index (κ1) is 22.8. The molecule has 0 aliphatic heterocycles. The first-order chi connectivity index (χ1) is 16.0. The number of halogens is 1. The average molecular weight is 477 g/mol. The monoisotopic (exact) mass is 476 g/mol. The van der Waals surface area contributed by atoms with E-state index >= 15 is 0 Å². The molecule has 0 saturated heterocycles. The van der Waals surface area contributed by atoms with Gasteiger partial charge in [0.05, 0.1) is 12.2 Å². The van der Waals surface area contributed by atoms with Gasteiger partial charge in [0.25, 0.3) is 0 Å². The number of carbonyl (C=O) groups excluding carboxylic acids is 2. The van der Waals surface area contributed by atoms with Gasteiger partial charge in [-0.2, -0.15) is 0 Å². The van der Waals surface area contributed by atoms with Gasteiger partial charge in [0.2, 0.25) is 11.8 Å². The maximum atomic E-state index is 12.4. The van der Waals surface area contributed by atoms with Crippen LogP contribution in [0.4, 0.5) is 0 Å². The lowest BCUT2D eigenvalue weighted by atomic mass is 10.1. The Balaban J connectivity index is 1.52. The number of hydrogen-bond acceptors (Lipinski definition) is 5. The maximum absolute atomic E-state index is 12.4. The Morgan fingerprint density at radius 3 is 2.42 bits per heavy atom. The third-order valence-electron chi connectivity index (χ3n) is 4.81.